The number of anilines is 1. The first-order valence-corrected chi connectivity index (χ1v) is 5.27. The molecule has 0 amide bonds. The monoisotopic (exact) mass is 234 g/mol. The highest BCUT2D eigenvalue weighted by Crippen LogP contribution is 2.30. The van der Waals surface area contributed by atoms with E-state index in [1.54, 1.807) is 11.7 Å². The SMILES string of the molecule is CC(C)c1nn(C)c2ncc(C(=O)O)c(N)c12. The Hall–Kier alpha value is -2.11. The minimum Gasteiger partial charge on any atom is -0.478 e. The molecule has 0 aliphatic heterocycles. The van der Waals surface area contributed by atoms with Crippen molar-refractivity contribution >= 4 is 22.7 Å². The Labute approximate surface area is 98.1 Å². The van der Waals surface area contributed by atoms with Gasteiger partial charge < -0.3 is 10.8 Å². The minimum absolute atomic E-state index is 0.0207. The molecule has 2 aromatic rings. The lowest BCUT2D eigenvalue weighted by Crippen LogP contribution is -2.05. The van der Waals surface area contributed by atoms with E-state index in [2.05, 4.69) is 10.1 Å². The number of nitrogen functional groups attached to an aromatic ring is 1. The first-order chi connectivity index (χ1) is 7.93. The molecule has 0 saturated heterocycles. The van der Waals surface area contributed by atoms with Crippen molar-refractivity contribution in [1.29, 1.82) is 0 Å². The molecule has 2 heterocycles. The third-order valence-electron chi connectivity index (χ3n) is 2.70. The van der Waals surface area contributed by atoms with E-state index in [9.17, 15) is 4.79 Å². The van der Waals surface area contributed by atoms with Gasteiger partial charge in [-0.1, -0.05) is 13.8 Å². The Morgan fingerprint density at radius 3 is 2.71 bits per heavy atom. The molecule has 0 aromatic carbocycles. The summed E-state index contributed by atoms with van der Waals surface area (Å²) >= 11 is 0. The Balaban J connectivity index is 2.87. The number of rotatable bonds is 2. The van der Waals surface area contributed by atoms with Crippen LogP contribution < -0.4 is 5.73 Å². The smallest absolute Gasteiger partial charge is 0.339 e. The van der Waals surface area contributed by atoms with E-state index < -0.39 is 5.97 Å². The zero-order chi connectivity index (χ0) is 12.7. The molecule has 3 N–H and O–H groups in total. The van der Waals surface area contributed by atoms with Crippen molar-refractivity contribution in [3.63, 3.8) is 0 Å². The van der Waals surface area contributed by atoms with Crippen molar-refractivity contribution in [2.24, 2.45) is 7.05 Å². The van der Waals surface area contributed by atoms with Crippen LogP contribution in [0.15, 0.2) is 6.20 Å². The van der Waals surface area contributed by atoms with E-state index >= 15 is 0 Å². The van der Waals surface area contributed by atoms with Crippen molar-refractivity contribution in [2.45, 2.75) is 19.8 Å². The normalized spacial score (nSPS) is 11.3. The first kappa shape index (κ1) is 11.4. The number of aromatic nitrogens is 3. The Morgan fingerprint density at radius 1 is 1.53 bits per heavy atom. The Morgan fingerprint density at radius 2 is 2.18 bits per heavy atom. The number of carboxylic acid groups (broad SMARTS) is 1. The van der Waals surface area contributed by atoms with Crippen LogP contribution >= 0.6 is 0 Å². The van der Waals surface area contributed by atoms with Crippen LogP contribution in [0.2, 0.25) is 0 Å². The lowest BCUT2D eigenvalue weighted by atomic mass is 10.0. The van der Waals surface area contributed by atoms with Crippen LogP contribution in [0.1, 0.15) is 35.8 Å². The van der Waals surface area contributed by atoms with Gasteiger partial charge in [-0.2, -0.15) is 5.10 Å². The Kier molecular flexibility index (Phi) is 2.49. The zero-order valence-electron chi connectivity index (χ0n) is 9.93. The summed E-state index contributed by atoms with van der Waals surface area (Å²) in [5, 5.41) is 14.0. The number of fused-ring (bicyclic) bond motifs is 1. The van der Waals surface area contributed by atoms with Gasteiger partial charge >= 0.3 is 5.97 Å². The quantitative estimate of drug-likeness (QED) is 0.818. The molecule has 2 rings (SSSR count). The molecule has 6 heteroatoms. The van der Waals surface area contributed by atoms with Crippen LogP contribution in [-0.4, -0.2) is 25.8 Å². The van der Waals surface area contributed by atoms with Gasteiger partial charge in [0.15, 0.2) is 5.65 Å². The average molecular weight is 234 g/mol. The minimum atomic E-state index is -1.07. The largest absolute Gasteiger partial charge is 0.478 e. The number of carboxylic acids is 1. The fourth-order valence-corrected chi connectivity index (χ4v) is 1.85. The number of hydrogen-bond acceptors (Lipinski definition) is 4. The van der Waals surface area contributed by atoms with Crippen LogP contribution in [0.5, 0.6) is 0 Å². The van der Waals surface area contributed by atoms with E-state index in [0.717, 1.165) is 5.69 Å². The van der Waals surface area contributed by atoms with E-state index in [1.165, 1.54) is 6.20 Å². The summed E-state index contributed by atoms with van der Waals surface area (Å²) in [7, 11) is 1.76. The number of hydrogen-bond donors (Lipinski definition) is 2. The highest BCUT2D eigenvalue weighted by Gasteiger charge is 2.20. The maximum atomic E-state index is 11.0. The molecular weight excluding hydrogens is 220 g/mol. The molecule has 2 aromatic heterocycles. The van der Waals surface area contributed by atoms with Crippen molar-refractivity contribution in [2.75, 3.05) is 5.73 Å². The van der Waals surface area contributed by atoms with Gasteiger partial charge in [-0.05, 0) is 5.92 Å². The third-order valence-corrected chi connectivity index (χ3v) is 2.70. The summed E-state index contributed by atoms with van der Waals surface area (Å²) in [6, 6.07) is 0. The van der Waals surface area contributed by atoms with Crippen LogP contribution in [0.25, 0.3) is 11.0 Å². The van der Waals surface area contributed by atoms with Crippen LogP contribution in [0.4, 0.5) is 5.69 Å². The van der Waals surface area contributed by atoms with Gasteiger partial charge in [0.05, 0.1) is 16.8 Å². The maximum Gasteiger partial charge on any atom is 0.339 e. The highest BCUT2D eigenvalue weighted by molar-refractivity contribution is 6.03. The molecule has 0 unspecified atom stereocenters. The number of carbonyl (C=O) groups is 1. The zero-order valence-corrected chi connectivity index (χ0v) is 9.93. The second-order valence-electron chi connectivity index (χ2n) is 4.25. The van der Waals surface area contributed by atoms with Crippen LogP contribution in [0, 0.1) is 0 Å². The van der Waals surface area contributed by atoms with E-state index in [1.807, 2.05) is 13.8 Å². The van der Waals surface area contributed by atoms with Crippen LogP contribution in [-0.2, 0) is 7.05 Å². The lowest BCUT2D eigenvalue weighted by Gasteiger charge is -2.05. The van der Waals surface area contributed by atoms with Gasteiger partial charge in [0.2, 0.25) is 0 Å². The molecule has 0 spiro atoms. The van der Waals surface area contributed by atoms with E-state index in [-0.39, 0.29) is 17.2 Å². The predicted molar refractivity (Wildman–Crippen MR) is 64.0 cm³/mol. The summed E-state index contributed by atoms with van der Waals surface area (Å²) in [6.07, 6.45) is 1.27. The van der Waals surface area contributed by atoms with Crippen molar-refractivity contribution < 1.29 is 9.90 Å². The number of nitrogens with zero attached hydrogens (tertiary/aromatic N) is 3. The second-order valence-corrected chi connectivity index (χ2v) is 4.25. The topological polar surface area (TPSA) is 94.0 Å². The van der Waals surface area contributed by atoms with Crippen molar-refractivity contribution in [1.82, 2.24) is 14.8 Å². The molecule has 90 valence electrons. The van der Waals surface area contributed by atoms with Gasteiger partial charge in [0, 0.05) is 13.2 Å². The predicted octanol–water partition coefficient (Wildman–Crippen LogP) is 1.37. The number of aryl methyl sites for hydroxylation is 1. The maximum absolute atomic E-state index is 11.0. The van der Waals surface area contributed by atoms with Crippen LogP contribution in [0.3, 0.4) is 0 Å². The number of pyridine rings is 1. The van der Waals surface area contributed by atoms with Crippen molar-refractivity contribution in [3.05, 3.63) is 17.5 Å². The van der Waals surface area contributed by atoms with Gasteiger partial charge in [0.1, 0.15) is 5.56 Å². The molecule has 0 bridgehead atoms. The molecule has 0 fully saturated rings. The van der Waals surface area contributed by atoms with Gasteiger partial charge in [-0.25, -0.2) is 9.78 Å². The second kappa shape index (κ2) is 3.73. The van der Waals surface area contributed by atoms with E-state index in [0.29, 0.717) is 11.0 Å². The average Bonchev–Trinajstić information content (AvgIpc) is 2.57. The molecule has 0 aliphatic carbocycles. The van der Waals surface area contributed by atoms with Gasteiger partial charge in [-0.3, -0.25) is 4.68 Å². The molecule has 6 nitrogen and oxygen atoms in total. The summed E-state index contributed by atoms with van der Waals surface area (Å²) in [6.45, 7) is 3.96. The number of nitrogens with two attached hydrogens (primary N) is 1. The summed E-state index contributed by atoms with van der Waals surface area (Å²) in [5.41, 5.74) is 7.54. The first-order valence-electron chi connectivity index (χ1n) is 5.27. The molecule has 0 aliphatic rings. The summed E-state index contributed by atoms with van der Waals surface area (Å²) in [4.78, 5) is 15.1. The summed E-state index contributed by atoms with van der Waals surface area (Å²) in [5.74, 6) is -0.915. The van der Waals surface area contributed by atoms with E-state index in [4.69, 9.17) is 10.8 Å². The standard InChI is InChI=1S/C11H14N4O2/c1-5(2)9-7-8(12)6(11(16)17)4-13-10(7)15(3)14-9/h4-5H,1-3H3,(H2,12,13)(H,16,17). The number of aromatic carboxylic acids is 1. The molecule has 0 radical (unpaired) electrons. The van der Waals surface area contributed by atoms with Gasteiger partial charge in [0.25, 0.3) is 0 Å². The highest BCUT2D eigenvalue weighted by atomic mass is 16.4. The fourth-order valence-electron chi connectivity index (χ4n) is 1.85. The summed E-state index contributed by atoms with van der Waals surface area (Å²) < 4.78 is 1.62. The molecule has 17 heavy (non-hydrogen) atoms. The lowest BCUT2D eigenvalue weighted by molar-refractivity contribution is 0.0698. The fraction of sp³-hybridized carbons (Fsp3) is 0.364. The molecule has 0 atom stereocenters. The molecular formula is C11H14N4O2. The van der Waals surface area contributed by atoms with Crippen molar-refractivity contribution in [3.8, 4) is 0 Å². The molecule has 0 saturated carbocycles. The van der Waals surface area contributed by atoms with Gasteiger partial charge in [-0.15, -0.1) is 0 Å². The third kappa shape index (κ3) is 1.61. The Bertz CT molecular complexity index is 601.